The maximum atomic E-state index is 12.0. The van der Waals surface area contributed by atoms with Gasteiger partial charge < -0.3 is 15.5 Å². The van der Waals surface area contributed by atoms with E-state index in [9.17, 15) is 4.79 Å². The maximum Gasteiger partial charge on any atom is 0.255 e. The Morgan fingerprint density at radius 1 is 1.31 bits per heavy atom. The average Bonchev–Trinajstić information content (AvgIpc) is 2.26. The second kappa shape index (κ2) is 4.88. The van der Waals surface area contributed by atoms with E-state index in [-0.39, 0.29) is 5.91 Å². The lowest BCUT2D eigenvalue weighted by Gasteiger charge is -2.22. The number of nitrogen functional groups attached to an aromatic ring is 1. The van der Waals surface area contributed by atoms with Crippen molar-refractivity contribution >= 4 is 17.3 Å². The number of carbonyl (C=O) groups excluding carboxylic acids is 1. The summed E-state index contributed by atoms with van der Waals surface area (Å²) >= 11 is 0. The van der Waals surface area contributed by atoms with Crippen LogP contribution in [0, 0.1) is 0 Å². The molecule has 0 bridgehead atoms. The van der Waals surface area contributed by atoms with Crippen LogP contribution in [0.3, 0.4) is 0 Å². The number of amides is 1. The average molecular weight is 221 g/mol. The lowest BCUT2D eigenvalue weighted by molar-refractivity contribution is 0.0828. The van der Waals surface area contributed by atoms with Gasteiger partial charge in [-0.25, -0.2) is 0 Å². The topological polar surface area (TPSA) is 49.6 Å². The van der Waals surface area contributed by atoms with Crippen molar-refractivity contribution in [3.8, 4) is 0 Å². The Hall–Kier alpha value is -1.71. The lowest BCUT2D eigenvalue weighted by Crippen LogP contribution is -2.26. The predicted octanol–water partition coefficient (Wildman–Crippen LogP) is 1.43. The molecule has 0 spiro atoms. The molecule has 0 atom stereocenters. The molecule has 0 heterocycles. The van der Waals surface area contributed by atoms with Crippen molar-refractivity contribution in [2.75, 3.05) is 38.3 Å². The molecule has 0 fully saturated rings. The summed E-state index contributed by atoms with van der Waals surface area (Å²) in [7, 11) is 5.43. The first-order valence-electron chi connectivity index (χ1n) is 5.29. The summed E-state index contributed by atoms with van der Waals surface area (Å²) in [6.45, 7) is 2.87. The Morgan fingerprint density at radius 3 is 2.44 bits per heavy atom. The fourth-order valence-electron chi connectivity index (χ4n) is 1.46. The van der Waals surface area contributed by atoms with E-state index in [4.69, 9.17) is 5.73 Å². The molecule has 0 aromatic heterocycles. The van der Waals surface area contributed by atoms with Gasteiger partial charge >= 0.3 is 0 Å². The van der Waals surface area contributed by atoms with Crippen molar-refractivity contribution in [1.29, 1.82) is 0 Å². The highest BCUT2D eigenvalue weighted by atomic mass is 16.2. The Kier molecular flexibility index (Phi) is 3.77. The van der Waals surface area contributed by atoms with Crippen LogP contribution in [-0.4, -0.2) is 38.5 Å². The number of nitrogens with two attached hydrogens (primary N) is 1. The zero-order valence-electron chi connectivity index (χ0n) is 10.3. The molecule has 1 aromatic rings. The fraction of sp³-hybridized carbons (Fsp3) is 0.417. The molecule has 4 nitrogen and oxygen atoms in total. The SMILES string of the molecule is CCN(C)c1cc(N)ccc1C(=O)N(C)C. The highest BCUT2D eigenvalue weighted by molar-refractivity contribution is 6.00. The van der Waals surface area contributed by atoms with Gasteiger partial charge in [0.05, 0.1) is 11.3 Å². The van der Waals surface area contributed by atoms with Crippen LogP contribution in [0.15, 0.2) is 18.2 Å². The van der Waals surface area contributed by atoms with Crippen LogP contribution in [0.5, 0.6) is 0 Å². The highest BCUT2D eigenvalue weighted by Crippen LogP contribution is 2.23. The van der Waals surface area contributed by atoms with Crippen LogP contribution < -0.4 is 10.6 Å². The molecule has 0 saturated heterocycles. The molecule has 1 aromatic carbocycles. The number of hydrogen-bond acceptors (Lipinski definition) is 3. The summed E-state index contributed by atoms with van der Waals surface area (Å²) in [4.78, 5) is 15.5. The maximum absolute atomic E-state index is 12.0. The van der Waals surface area contributed by atoms with E-state index in [0.717, 1.165) is 12.2 Å². The zero-order chi connectivity index (χ0) is 12.3. The summed E-state index contributed by atoms with van der Waals surface area (Å²) in [6, 6.07) is 5.36. The van der Waals surface area contributed by atoms with Crippen LogP contribution in [-0.2, 0) is 0 Å². The normalized spacial score (nSPS) is 10.0. The molecule has 0 aliphatic heterocycles. The van der Waals surface area contributed by atoms with Crippen molar-refractivity contribution < 1.29 is 4.79 Å². The number of anilines is 2. The molecule has 88 valence electrons. The van der Waals surface area contributed by atoms with Crippen LogP contribution in [0.2, 0.25) is 0 Å². The molecule has 1 rings (SSSR count). The van der Waals surface area contributed by atoms with Gasteiger partial charge in [0.1, 0.15) is 0 Å². The first kappa shape index (κ1) is 12.4. The van der Waals surface area contributed by atoms with E-state index in [1.165, 1.54) is 0 Å². The minimum Gasteiger partial charge on any atom is -0.399 e. The van der Waals surface area contributed by atoms with Gasteiger partial charge in [-0.05, 0) is 25.1 Å². The van der Waals surface area contributed by atoms with Gasteiger partial charge in [0.2, 0.25) is 0 Å². The number of carbonyl (C=O) groups is 1. The molecule has 0 saturated carbocycles. The van der Waals surface area contributed by atoms with E-state index >= 15 is 0 Å². The molecular weight excluding hydrogens is 202 g/mol. The van der Waals surface area contributed by atoms with Crippen molar-refractivity contribution in [1.82, 2.24) is 4.90 Å². The molecule has 0 radical (unpaired) electrons. The number of benzene rings is 1. The van der Waals surface area contributed by atoms with Crippen molar-refractivity contribution in [3.63, 3.8) is 0 Å². The summed E-state index contributed by atoms with van der Waals surface area (Å²) in [6.07, 6.45) is 0. The third-order valence-electron chi connectivity index (χ3n) is 2.54. The van der Waals surface area contributed by atoms with Crippen molar-refractivity contribution in [2.45, 2.75) is 6.92 Å². The quantitative estimate of drug-likeness (QED) is 0.785. The van der Waals surface area contributed by atoms with E-state index in [1.807, 2.05) is 24.9 Å². The minimum atomic E-state index is -0.00435. The third-order valence-corrected chi connectivity index (χ3v) is 2.54. The van der Waals surface area contributed by atoms with E-state index in [2.05, 4.69) is 0 Å². The number of nitrogens with zero attached hydrogens (tertiary/aromatic N) is 2. The van der Waals surface area contributed by atoms with Crippen LogP contribution in [0.25, 0.3) is 0 Å². The van der Waals surface area contributed by atoms with Gasteiger partial charge in [0.15, 0.2) is 0 Å². The Labute approximate surface area is 96.6 Å². The smallest absolute Gasteiger partial charge is 0.255 e. The molecule has 0 unspecified atom stereocenters. The van der Waals surface area contributed by atoms with Crippen LogP contribution >= 0.6 is 0 Å². The predicted molar refractivity (Wildman–Crippen MR) is 67.8 cm³/mol. The summed E-state index contributed by atoms with van der Waals surface area (Å²) < 4.78 is 0. The summed E-state index contributed by atoms with van der Waals surface area (Å²) in [5, 5.41) is 0. The molecule has 16 heavy (non-hydrogen) atoms. The lowest BCUT2D eigenvalue weighted by atomic mass is 10.1. The Morgan fingerprint density at radius 2 is 1.94 bits per heavy atom. The van der Waals surface area contributed by atoms with Gasteiger partial charge in [-0.15, -0.1) is 0 Å². The van der Waals surface area contributed by atoms with E-state index < -0.39 is 0 Å². The van der Waals surface area contributed by atoms with Gasteiger partial charge in [-0.2, -0.15) is 0 Å². The first-order valence-corrected chi connectivity index (χ1v) is 5.29. The number of hydrogen-bond donors (Lipinski definition) is 1. The molecule has 2 N–H and O–H groups in total. The Bertz CT molecular complexity index is 388. The largest absolute Gasteiger partial charge is 0.399 e. The molecule has 1 amide bonds. The molecular formula is C12H19N3O. The third kappa shape index (κ3) is 2.45. The summed E-state index contributed by atoms with van der Waals surface area (Å²) in [5.41, 5.74) is 7.98. The molecule has 4 heteroatoms. The van der Waals surface area contributed by atoms with Gasteiger partial charge in [0.25, 0.3) is 5.91 Å². The standard InChI is InChI=1S/C12H19N3O/c1-5-15(4)11-8-9(13)6-7-10(11)12(16)14(2)3/h6-8H,5,13H2,1-4H3. The van der Waals surface area contributed by atoms with Gasteiger partial charge in [-0.3, -0.25) is 4.79 Å². The molecule has 0 aliphatic carbocycles. The van der Waals surface area contributed by atoms with Crippen LogP contribution in [0.4, 0.5) is 11.4 Å². The monoisotopic (exact) mass is 221 g/mol. The second-order valence-electron chi connectivity index (χ2n) is 3.99. The number of rotatable bonds is 3. The van der Waals surface area contributed by atoms with Gasteiger partial charge in [-0.1, -0.05) is 0 Å². The highest BCUT2D eigenvalue weighted by Gasteiger charge is 2.15. The van der Waals surface area contributed by atoms with Crippen molar-refractivity contribution in [3.05, 3.63) is 23.8 Å². The zero-order valence-corrected chi connectivity index (χ0v) is 10.3. The first-order chi connectivity index (χ1) is 7.47. The minimum absolute atomic E-state index is 0.00435. The Balaban J connectivity index is 3.22. The molecule has 0 aliphatic rings. The fourth-order valence-corrected chi connectivity index (χ4v) is 1.46. The van der Waals surface area contributed by atoms with Gasteiger partial charge in [0, 0.05) is 33.4 Å². The van der Waals surface area contributed by atoms with E-state index in [1.54, 1.807) is 31.1 Å². The van der Waals surface area contributed by atoms with Crippen LogP contribution in [0.1, 0.15) is 17.3 Å². The second-order valence-corrected chi connectivity index (χ2v) is 3.99. The van der Waals surface area contributed by atoms with E-state index in [0.29, 0.717) is 11.3 Å². The summed E-state index contributed by atoms with van der Waals surface area (Å²) in [5.74, 6) is -0.00435. The van der Waals surface area contributed by atoms with Crippen molar-refractivity contribution in [2.24, 2.45) is 0 Å².